The van der Waals surface area contributed by atoms with E-state index in [-0.39, 0.29) is 40.4 Å². The number of halogens is 3. The Labute approximate surface area is 402 Å². The maximum Gasteiger partial charge on any atom is 0.281 e. The van der Waals surface area contributed by atoms with E-state index in [0.717, 1.165) is 118 Å². The average molecular weight is 987 g/mol. The van der Waals surface area contributed by atoms with Gasteiger partial charge in [-0.2, -0.15) is 4.98 Å². The second-order valence-electron chi connectivity index (χ2n) is 20.7. The minimum absolute atomic E-state index is 0.00762. The van der Waals surface area contributed by atoms with Crippen molar-refractivity contribution in [3.8, 4) is 5.69 Å². The Hall–Kier alpha value is -4.13. The molecule has 3 amide bonds. The molecule has 3 aliphatic heterocycles. The number of benzene rings is 3. The standard InChI is InChI=1S/C43H49BrClN5O3.C10H18FNO/c44-34-9-7-11-36-39(34)41(53)47-42-43(21-4-2-5-22-43)33-18-15-31(27-38(33)50(36)42)29-19-25-48(26-20-29)23-6-1-3-10-35(30-13-16-32(45)17-14-30)46-40(52)37-12-8-24-49(37)28-51;1-7(9(2,3)4)12-8(13)10(11)5-6-10/h7,9,11,13-18,27-29,35,37H,1-6,8,10,12,19-26H2,(H,46,52);7H,5-6H2,1-4H3,(H,12,13). The number of nitrogens with zero attached hydrogens (tertiary/aromatic N) is 4. The lowest BCUT2D eigenvalue weighted by atomic mass is 9.69. The first-order valence-electron chi connectivity index (χ1n) is 24.5. The van der Waals surface area contributed by atoms with Gasteiger partial charge in [-0.3, -0.25) is 23.7 Å². The summed E-state index contributed by atoms with van der Waals surface area (Å²) in [5.74, 6) is 0.948. The smallest absolute Gasteiger partial charge is 0.281 e. The van der Waals surface area contributed by atoms with Crippen LogP contribution >= 0.6 is 27.5 Å². The molecule has 13 heteroatoms. The van der Waals surface area contributed by atoms with E-state index in [0.29, 0.717) is 42.1 Å². The Balaban J connectivity index is 0.000000394. The molecule has 4 aromatic rings. The van der Waals surface area contributed by atoms with Crippen LogP contribution in [0.1, 0.15) is 158 Å². The molecule has 0 radical (unpaired) electrons. The lowest BCUT2D eigenvalue weighted by Gasteiger charge is -2.34. The van der Waals surface area contributed by atoms with E-state index in [9.17, 15) is 23.6 Å². The number of hydrogen-bond donors (Lipinski definition) is 2. The molecule has 9 rings (SSSR count). The van der Waals surface area contributed by atoms with Gasteiger partial charge in [-0.25, -0.2) is 4.39 Å². The van der Waals surface area contributed by atoms with Gasteiger partial charge in [0.15, 0.2) is 5.67 Å². The van der Waals surface area contributed by atoms with Gasteiger partial charge >= 0.3 is 0 Å². The van der Waals surface area contributed by atoms with Gasteiger partial charge < -0.3 is 20.4 Å². The highest BCUT2D eigenvalue weighted by Gasteiger charge is 2.51. The summed E-state index contributed by atoms with van der Waals surface area (Å²) in [6.45, 7) is 11.9. The number of fused-ring (bicyclic) bond motifs is 7. The highest BCUT2D eigenvalue weighted by molar-refractivity contribution is 9.10. The van der Waals surface area contributed by atoms with E-state index < -0.39 is 11.6 Å². The third kappa shape index (κ3) is 10.3. The van der Waals surface area contributed by atoms with Crippen LogP contribution in [0.25, 0.3) is 16.6 Å². The third-order valence-corrected chi connectivity index (χ3v) is 16.3. The molecule has 0 bridgehead atoms. The first-order chi connectivity index (χ1) is 31.6. The predicted molar refractivity (Wildman–Crippen MR) is 264 cm³/mol. The number of carbonyl (C=O) groups is 3. The molecule has 66 heavy (non-hydrogen) atoms. The SMILES string of the molecule is CC(NC(=O)C1(F)CC1)C(C)(C)C.O=CN1CCCC1C(=O)NC(CCCCCN1CCC(c2ccc3c(c2)-n2c(nc(=O)c4c(Br)cccc42)C32CCCCC2)CC1)c1ccc(Cl)cc1. The number of aromatic nitrogens is 2. The van der Waals surface area contributed by atoms with Crippen molar-refractivity contribution in [2.75, 3.05) is 26.2 Å². The number of amides is 3. The molecule has 10 nitrogen and oxygen atoms in total. The third-order valence-electron chi connectivity index (χ3n) is 15.4. The molecule has 354 valence electrons. The minimum Gasteiger partial charge on any atom is -0.350 e. The fraction of sp³-hybridized carbons (Fsp3) is 0.566. The molecule has 3 atom stereocenters. The largest absolute Gasteiger partial charge is 0.350 e. The predicted octanol–water partition coefficient (Wildman–Crippen LogP) is 10.6. The molecule has 2 saturated heterocycles. The van der Waals surface area contributed by atoms with Gasteiger partial charge in [0.2, 0.25) is 12.3 Å². The van der Waals surface area contributed by atoms with E-state index >= 15 is 0 Å². The fourth-order valence-corrected chi connectivity index (χ4v) is 11.3. The summed E-state index contributed by atoms with van der Waals surface area (Å²) in [4.78, 5) is 58.4. The summed E-state index contributed by atoms with van der Waals surface area (Å²) in [6.07, 6.45) is 15.1. The highest BCUT2D eigenvalue weighted by atomic mass is 79.9. The van der Waals surface area contributed by atoms with Crippen molar-refractivity contribution >= 4 is 56.7 Å². The van der Waals surface area contributed by atoms with Crippen molar-refractivity contribution in [2.45, 2.75) is 159 Å². The van der Waals surface area contributed by atoms with Crippen LogP contribution in [0.15, 0.2) is 69.9 Å². The highest BCUT2D eigenvalue weighted by Crippen LogP contribution is 2.52. The summed E-state index contributed by atoms with van der Waals surface area (Å²) in [5.41, 5.74) is 4.09. The van der Waals surface area contributed by atoms with Crippen molar-refractivity contribution < 1.29 is 18.8 Å². The van der Waals surface area contributed by atoms with Crippen LogP contribution in [0.4, 0.5) is 4.39 Å². The summed E-state index contributed by atoms with van der Waals surface area (Å²) in [7, 11) is 0. The quantitative estimate of drug-likeness (QED) is 0.102. The summed E-state index contributed by atoms with van der Waals surface area (Å²) in [6, 6.07) is 20.5. The molecular formula is C53H67BrClFN6O4. The van der Waals surface area contributed by atoms with Gasteiger partial charge in [-0.1, -0.05) is 94.8 Å². The van der Waals surface area contributed by atoms with Crippen LogP contribution < -0.4 is 16.2 Å². The molecule has 3 aromatic carbocycles. The van der Waals surface area contributed by atoms with Gasteiger partial charge in [0.05, 0.1) is 28.0 Å². The number of carbonyl (C=O) groups excluding carboxylic acids is 3. The van der Waals surface area contributed by atoms with Crippen molar-refractivity contribution in [2.24, 2.45) is 5.41 Å². The molecule has 2 N–H and O–H groups in total. The molecule has 1 aromatic heterocycles. The van der Waals surface area contributed by atoms with Crippen LogP contribution in [0.2, 0.25) is 5.02 Å². The van der Waals surface area contributed by atoms with Gasteiger partial charge in [-0.15, -0.1) is 0 Å². The topological polar surface area (TPSA) is 117 Å². The number of rotatable bonds is 13. The van der Waals surface area contributed by atoms with Crippen LogP contribution in [-0.4, -0.2) is 81.5 Å². The maximum atomic E-state index is 13.4. The zero-order valence-corrected chi connectivity index (χ0v) is 41.5. The number of hydrogen-bond acceptors (Lipinski definition) is 6. The summed E-state index contributed by atoms with van der Waals surface area (Å²) in [5, 5.41) is 7.30. The number of unbranched alkanes of at least 4 members (excludes halogenated alkanes) is 2. The Kier molecular flexibility index (Phi) is 14.8. The van der Waals surface area contributed by atoms with Crippen LogP contribution in [-0.2, 0) is 19.8 Å². The number of piperidine rings is 1. The molecule has 5 aliphatic rings. The Morgan fingerprint density at radius 3 is 2.33 bits per heavy atom. The lowest BCUT2D eigenvalue weighted by molar-refractivity contribution is -0.131. The van der Waals surface area contributed by atoms with Crippen LogP contribution in [0.3, 0.4) is 0 Å². The van der Waals surface area contributed by atoms with Gasteiger partial charge in [-0.05, 0) is 165 Å². The molecule has 2 aliphatic carbocycles. The van der Waals surface area contributed by atoms with Gasteiger partial charge in [0.25, 0.3) is 11.5 Å². The van der Waals surface area contributed by atoms with Gasteiger partial charge in [0, 0.05) is 22.1 Å². The van der Waals surface area contributed by atoms with E-state index in [1.807, 2.05) is 64.1 Å². The second kappa shape index (κ2) is 20.2. The number of alkyl halides is 1. The zero-order chi connectivity index (χ0) is 46.8. The van der Waals surface area contributed by atoms with Crippen molar-refractivity contribution in [1.82, 2.24) is 30.0 Å². The molecule has 3 unspecified atom stereocenters. The molecule has 4 heterocycles. The van der Waals surface area contributed by atoms with E-state index in [1.54, 1.807) is 4.90 Å². The second-order valence-corrected chi connectivity index (χ2v) is 22.0. The zero-order valence-electron chi connectivity index (χ0n) is 39.2. The first-order valence-corrected chi connectivity index (χ1v) is 25.6. The Morgan fingerprint density at radius 1 is 0.924 bits per heavy atom. The number of likely N-dealkylation sites (tertiary alicyclic amines) is 2. The van der Waals surface area contributed by atoms with Crippen LogP contribution in [0.5, 0.6) is 0 Å². The van der Waals surface area contributed by atoms with Crippen LogP contribution in [0, 0.1) is 5.41 Å². The number of nitrogens with one attached hydrogen (secondary N) is 2. The monoisotopic (exact) mass is 984 g/mol. The lowest BCUT2D eigenvalue weighted by Crippen LogP contribution is -2.45. The molecular weight excluding hydrogens is 919 g/mol. The van der Waals surface area contributed by atoms with Crippen molar-refractivity contribution in [3.63, 3.8) is 0 Å². The summed E-state index contributed by atoms with van der Waals surface area (Å²) >= 11 is 9.82. The Bertz CT molecular complexity index is 2450. The van der Waals surface area contributed by atoms with Gasteiger partial charge in [0.1, 0.15) is 11.9 Å². The molecule has 1 spiro atoms. The first kappa shape index (κ1) is 48.3. The summed E-state index contributed by atoms with van der Waals surface area (Å²) < 4.78 is 16.4. The van der Waals surface area contributed by atoms with E-state index in [2.05, 4.69) is 60.3 Å². The molecule has 2 saturated carbocycles. The maximum absolute atomic E-state index is 13.4. The average Bonchev–Trinajstić information content (AvgIpc) is 3.78. The minimum atomic E-state index is -1.54. The van der Waals surface area contributed by atoms with E-state index in [4.69, 9.17) is 16.6 Å². The van der Waals surface area contributed by atoms with Crippen molar-refractivity contribution in [3.05, 3.63) is 103 Å². The normalized spacial score (nSPS) is 20.8. The fourth-order valence-electron chi connectivity index (χ4n) is 10.7. The molecule has 4 fully saturated rings. The van der Waals surface area contributed by atoms with E-state index in [1.165, 1.54) is 23.2 Å². The Morgan fingerprint density at radius 2 is 1.65 bits per heavy atom. The van der Waals surface area contributed by atoms with Crippen molar-refractivity contribution in [1.29, 1.82) is 0 Å².